The minimum absolute atomic E-state index is 0.811. The van der Waals surface area contributed by atoms with Crippen LogP contribution in [-0.2, 0) is 13.1 Å². The second-order valence-electron chi connectivity index (χ2n) is 5.24. The Bertz CT molecular complexity index is 685. The van der Waals surface area contributed by atoms with E-state index in [9.17, 15) is 0 Å². The van der Waals surface area contributed by atoms with Crippen molar-refractivity contribution in [2.75, 3.05) is 5.32 Å². The fourth-order valence-electron chi connectivity index (χ4n) is 2.34. The quantitative estimate of drug-likeness (QED) is 0.767. The monoisotopic (exact) mass is 277 g/mol. The third-order valence-corrected chi connectivity index (χ3v) is 3.44. The maximum atomic E-state index is 4.22. The Labute approximate surface area is 125 Å². The Morgan fingerprint density at radius 3 is 2.57 bits per heavy atom. The van der Waals surface area contributed by atoms with E-state index in [2.05, 4.69) is 65.9 Å². The van der Waals surface area contributed by atoms with Gasteiger partial charge in [-0.05, 0) is 36.2 Å². The molecule has 3 heteroatoms. The van der Waals surface area contributed by atoms with E-state index >= 15 is 0 Å². The summed E-state index contributed by atoms with van der Waals surface area (Å²) in [6, 6.07) is 19.0. The molecule has 0 radical (unpaired) electrons. The van der Waals surface area contributed by atoms with E-state index < -0.39 is 0 Å². The molecule has 106 valence electrons. The number of nitrogens with zero attached hydrogens (tertiary/aromatic N) is 2. The van der Waals surface area contributed by atoms with Gasteiger partial charge in [-0.25, -0.2) is 0 Å². The van der Waals surface area contributed by atoms with Crippen LogP contribution < -0.4 is 5.32 Å². The second-order valence-corrected chi connectivity index (χ2v) is 5.24. The molecule has 1 N–H and O–H groups in total. The molecule has 3 aromatic rings. The molecule has 0 bridgehead atoms. The molecular formula is C18H19N3. The van der Waals surface area contributed by atoms with E-state index in [1.54, 1.807) is 6.20 Å². The van der Waals surface area contributed by atoms with Crippen LogP contribution in [-0.4, -0.2) is 9.78 Å². The smallest absolute Gasteiger partial charge is 0.0659 e. The van der Waals surface area contributed by atoms with E-state index in [1.807, 2.05) is 16.9 Å². The number of hydrogen-bond donors (Lipinski definition) is 1. The van der Waals surface area contributed by atoms with Gasteiger partial charge in [0.1, 0.15) is 0 Å². The molecule has 0 saturated carbocycles. The summed E-state index contributed by atoms with van der Waals surface area (Å²) in [7, 11) is 0. The summed E-state index contributed by atoms with van der Waals surface area (Å²) in [5.74, 6) is 0. The van der Waals surface area contributed by atoms with E-state index in [4.69, 9.17) is 0 Å². The first-order valence-electron chi connectivity index (χ1n) is 7.15. The summed E-state index contributed by atoms with van der Waals surface area (Å²) < 4.78 is 1.93. The van der Waals surface area contributed by atoms with Crippen molar-refractivity contribution in [1.29, 1.82) is 0 Å². The maximum absolute atomic E-state index is 4.22. The van der Waals surface area contributed by atoms with Crippen molar-refractivity contribution in [3.63, 3.8) is 0 Å². The van der Waals surface area contributed by atoms with Crippen molar-refractivity contribution in [3.05, 3.63) is 83.7 Å². The number of aryl methyl sites for hydroxylation is 1. The molecule has 2 aromatic carbocycles. The number of benzene rings is 2. The largest absolute Gasteiger partial charge is 0.381 e. The fraction of sp³-hybridized carbons (Fsp3) is 0.167. The standard InChI is InChI=1S/C18H19N3/c1-15-4-2-5-17(12-15)13-19-18-8-6-16(7-9-18)14-21-11-3-10-20-21/h2-12,19H,13-14H2,1H3. The molecule has 3 nitrogen and oxygen atoms in total. The van der Waals surface area contributed by atoms with E-state index in [-0.39, 0.29) is 0 Å². The molecule has 0 atom stereocenters. The molecule has 1 aromatic heterocycles. The highest BCUT2D eigenvalue weighted by atomic mass is 15.3. The summed E-state index contributed by atoms with van der Waals surface area (Å²) in [4.78, 5) is 0. The normalized spacial score (nSPS) is 10.5. The van der Waals surface area contributed by atoms with Gasteiger partial charge in [0.05, 0.1) is 6.54 Å². The van der Waals surface area contributed by atoms with Crippen molar-refractivity contribution in [3.8, 4) is 0 Å². The van der Waals surface area contributed by atoms with Crippen LogP contribution in [0.3, 0.4) is 0 Å². The SMILES string of the molecule is Cc1cccc(CNc2ccc(Cn3cccn3)cc2)c1. The Hall–Kier alpha value is -2.55. The van der Waals surface area contributed by atoms with E-state index in [0.717, 1.165) is 18.8 Å². The van der Waals surface area contributed by atoms with Gasteiger partial charge in [0.15, 0.2) is 0 Å². The van der Waals surface area contributed by atoms with Crippen LogP contribution in [0.5, 0.6) is 0 Å². The average Bonchev–Trinajstić information content (AvgIpc) is 3.00. The fourth-order valence-corrected chi connectivity index (χ4v) is 2.34. The van der Waals surface area contributed by atoms with Gasteiger partial charge in [-0.1, -0.05) is 42.0 Å². The van der Waals surface area contributed by atoms with Crippen molar-refractivity contribution in [1.82, 2.24) is 9.78 Å². The Morgan fingerprint density at radius 2 is 1.86 bits per heavy atom. The topological polar surface area (TPSA) is 29.9 Å². The van der Waals surface area contributed by atoms with Gasteiger partial charge in [-0.2, -0.15) is 5.10 Å². The molecule has 3 rings (SSSR count). The van der Waals surface area contributed by atoms with Gasteiger partial charge in [0, 0.05) is 24.6 Å². The number of aromatic nitrogens is 2. The number of rotatable bonds is 5. The van der Waals surface area contributed by atoms with Crippen molar-refractivity contribution in [2.24, 2.45) is 0 Å². The van der Waals surface area contributed by atoms with E-state index in [1.165, 1.54) is 16.7 Å². The highest BCUT2D eigenvalue weighted by molar-refractivity contribution is 5.45. The zero-order chi connectivity index (χ0) is 14.5. The summed E-state index contributed by atoms with van der Waals surface area (Å²) in [5, 5.41) is 7.67. The number of anilines is 1. The van der Waals surface area contributed by atoms with Gasteiger partial charge < -0.3 is 5.32 Å². The van der Waals surface area contributed by atoms with Crippen LogP contribution in [0.1, 0.15) is 16.7 Å². The summed E-state index contributed by atoms with van der Waals surface area (Å²) in [6.45, 7) is 3.78. The third-order valence-electron chi connectivity index (χ3n) is 3.44. The second kappa shape index (κ2) is 6.27. The van der Waals surface area contributed by atoms with Crippen LogP contribution in [0.2, 0.25) is 0 Å². The van der Waals surface area contributed by atoms with Gasteiger partial charge in [-0.15, -0.1) is 0 Å². The summed E-state index contributed by atoms with van der Waals surface area (Å²) >= 11 is 0. The lowest BCUT2D eigenvalue weighted by molar-refractivity contribution is 0.687. The highest BCUT2D eigenvalue weighted by Crippen LogP contribution is 2.12. The molecular weight excluding hydrogens is 258 g/mol. The molecule has 0 saturated heterocycles. The number of nitrogens with one attached hydrogen (secondary N) is 1. The predicted molar refractivity (Wildman–Crippen MR) is 86.3 cm³/mol. The molecule has 0 amide bonds. The average molecular weight is 277 g/mol. The van der Waals surface area contributed by atoms with Crippen LogP contribution in [0.25, 0.3) is 0 Å². The third kappa shape index (κ3) is 3.72. The molecule has 0 aliphatic heterocycles. The molecule has 0 spiro atoms. The van der Waals surface area contributed by atoms with Gasteiger partial charge in [-0.3, -0.25) is 4.68 Å². The van der Waals surface area contributed by atoms with Crippen LogP contribution >= 0.6 is 0 Å². The lowest BCUT2D eigenvalue weighted by atomic mass is 10.1. The van der Waals surface area contributed by atoms with Crippen molar-refractivity contribution >= 4 is 5.69 Å². The lowest BCUT2D eigenvalue weighted by Crippen LogP contribution is -2.01. The first kappa shape index (κ1) is 13.4. The predicted octanol–water partition coefficient (Wildman–Crippen LogP) is 3.85. The molecule has 0 unspecified atom stereocenters. The summed E-state index contributed by atoms with van der Waals surface area (Å²) in [5.41, 5.74) is 4.99. The molecule has 0 aliphatic carbocycles. The minimum atomic E-state index is 0.811. The first-order valence-corrected chi connectivity index (χ1v) is 7.15. The van der Waals surface area contributed by atoms with Gasteiger partial charge in [0.2, 0.25) is 0 Å². The van der Waals surface area contributed by atoms with Gasteiger partial charge in [0.25, 0.3) is 0 Å². The molecule has 21 heavy (non-hydrogen) atoms. The lowest BCUT2D eigenvalue weighted by Gasteiger charge is -2.08. The van der Waals surface area contributed by atoms with Crippen molar-refractivity contribution in [2.45, 2.75) is 20.0 Å². The highest BCUT2D eigenvalue weighted by Gasteiger charge is 1.97. The van der Waals surface area contributed by atoms with Crippen LogP contribution in [0.4, 0.5) is 5.69 Å². The molecule has 0 aliphatic rings. The zero-order valence-corrected chi connectivity index (χ0v) is 12.2. The molecule has 1 heterocycles. The Kier molecular flexibility index (Phi) is 4.01. The van der Waals surface area contributed by atoms with E-state index in [0.29, 0.717) is 0 Å². The Balaban J connectivity index is 1.59. The Morgan fingerprint density at radius 1 is 1.00 bits per heavy atom. The summed E-state index contributed by atoms with van der Waals surface area (Å²) in [6.07, 6.45) is 3.78. The van der Waals surface area contributed by atoms with Crippen LogP contribution in [0.15, 0.2) is 67.0 Å². The maximum Gasteiger partial charge on any atom is 0.0659 e. The van der Waals surface area contributed by atoms with Crippen molar-refractivity contribution < 1.29 is 0 Å². The van der Waals surface area contributed by atoms with Crippen LogP contribution in [0, 0.1) is 6.92 Å². The molecule has 0 fully saturated rings. The minimum Gasteiger partial charge on any atom is -0.381 e. The first-order chi connectivity index (χ1) is 10.3. The van der Waals surface area contributed by atoms with Gasteiger partial charge >= 0.3 is 0 Å². The zero-order valence-electron chi connectivity index (χ0n) is 12.2. The number of hydrogen-bond acceptors (Lipinski definition) is 2.